The molecule has 1 atom stereocenters. The Labute approximate surface area is 213 Å². The van der Waals surface area contributed by atoms with Crippen LogP contribution in [0.3, 0.4) is 0 Å². The molecule has 3 aliphatic rings. The van der Waals surface area contributed by atoms with Gasteiger partial charge in [0, 0.05) is 39.6 Å². The standard InChI is InChI=1S/C28H25N3O6/c1-4-28(37-25(34)13-29-16(2)9-10-24(32)33)21-12-23-26-19(11-18-7-5-6-8-22(18)30-26)14-31(23)17(3)20(21)15-36-27(28)35/h5-12,29H,2-4,13-15H2,1H3,(H,32,33)/b10-9-. The van der Waals surface area contributed by atoms with Gasteiger partial charge in [-0.25, -0.2) is 14.6 Å². The number of fused-ring (bicyclic) bond motifs is 4. The number of nitrogens with zero attached hydrogens (tertiary/aromatic N) is 2. The van der Waals surface area contributed by atoms with Crippen molar-refractivity contribution >= 4 is 34.5 Å². The first-order valence-corrected chi connectivity index (χ1v) is 11.8. The minimum Gasteiger partial charge on any atom is -0.478 e. The number of hydrogen-bond acceptors (Lipinski definition) is 8. The maximum absolute atomic E-state index is 13.1. The number of hydrogen-bond donors (Lipinski definition) is 2. The average Bonchev–Trinajstić information content (AvgIpc) is 3.24. The maximum Gasteiger partial charge on any atom is 0.355 e. The molecule has 1 unspecified atom stereocenters. The van der Waals surface area contributed by atoms with E-state index in [0.717, 1.165) is 33.9 Å². The Morgan fingerprint density at radius 2 is 2.11 bits per heavy atom. The molecule has 37 heavy (non-hydrogen) atoms. The van der Waals surface area contributed by atoms with Gasteiger partial charge in [0.15, 0.2) is 0 Å². The number of carboxylic acids is 1. The van der Waals surface area contributed by atoms with E-state index in [1.165, 1.54) is 6.08 Å². The Hall–Kier alpha value is -4.66. The van der Waals surface area contributed by atoms with Crippen LogP contribution < -0.4 is 5.32 Å². The van der Waals surface area contributed by atoms with Gasteiger partial charge in [0.2, 0.25) is 5.60 Å². The Bertz CT molecular complexity index is 1480. The molecule has 2 N–H and O–H groups in total. The molecule has 2 aromatic rings. The number of para-hydroxylation sites is 1. The van der Waals surface area contributed by atoms with Crippen LogP contribution in [-0.4, -0.2) is 51.7 Å². The molecule has 0 bridgehead atoms. The highest BCUT2D eigenvalue weighted by atomic mass is 16.6. The Balaban J connectivity index is 1.49. The second-order valence-corrected chi connectivity index (χ2v) is 8.92. The van der Waals surface area contributed by atoms with Crippen molar-refractivity contribution < 1.29 is 29.0 Å². The van der Waals surface area contributed by atoms with Gasteiger partial charge in [-0.1, -0.05) is 38.3 Å². The minimum absolute atomic E-state index is 0.0212. The number of carboxylic acid groups (broad SMARTS) is 1. The van der Waals surface area contributed by atoms with Gasteiger partial charge in [-0.05, 0) is 30.7 Å². The number of benzene rings is 1. The zero-order chi connectivity index (χ0) is 26.3. The van der Waals surface area contributed by atoms with Gasteiger partial charge in [-0.3, -0.25) is 4.79 Å². The third kappa shape index (κ3) is 4.08. The topological polar surface area (TPSA) is 118 Å². The lowest BCUT2D eigenvalue weighted by Crippen LogP contribution is -2.51. The van der Waals surface area contributed by atoms with Gasteiger partial charge in [0.05, 0.1) is 23.5 Å². The lowest BCUT2D eigenvalue weighted by atomic mass is 9.81. The molecule has 1 aromatic carbocycles. The quantitative estimate of drug-likeness (QED) is 0.336. The van der Waals surface area contributed by atoms with Crippen molar-refractivity contribution in [1.29, 1.82) is 0 Å². The number of pyridine rings is 1. The van der Waals surface area contributed by atoms with Crippen LogP contribution in [0.5, 0.6) is 0 Å². The normalized spacial score (nSPS) is 20.2. The number of aliphatic carboxylic acids is 1. The van der Waals surface area contributed by atoms with Crippen LogP contribution in [0.2, 0.25) is 0 Å². The first-order valence-electron chi connectivity index (χ1n) is 11.8. The van der Waals surface area contributed by atoms with Crippen LogP contribution in [0.1, 0.15) is 24.6 Å². The Kier molecular flexibility index (Phi) is 5.91. The van der Waals surface area contributed by atoms with E-state index in [1.807, 2.05) is 35.2 Å². The molecule has 188 valence electrons. The molecule has 0 spiro atoms. The number of rotatable bonds is 7. The summed E-state index contributed by atoms with van der Waals surface area (Å²) in [6.07, 6.45) is 4.12. The smallest absolute Gasteiger partial charge is 0.355 e. The Morgan fingerprint density at radius 3 is 2.86 bits per heavy atom. The van der Waals surface area contributed by atoms with Crippen LogP contribution in [0.25, 0.3) is 16.6 Å². The predicted octanol–water partition coefficient (Wildman–Crippen LogP) is 3.21. The molecular weight excluding hydrogens is 474 g/mol. The number of allylic oxidation sites excluding steroid dienone is 1. The van der Waals surface area contributed by atoms with Crippen molar-refractivity contribution in [3.8, 4) is 0 Å². The highest BCUT2D eigenvalue weighted by molar-refractivity contribution is 5.93. The fraction of sp³-hybridized carbons (Fsp3) is 0.214. The number of carbonyl (C=O) groups excluding carboxylic acids is 2. The van der Waals surface area contributed by atoms with Gasteiger partial charge in [-0.15, -0.1) is 0 Å². The zero-order valence-corrected chi connectivity index (χ0v) is 20.2. The van der Waals surface area contributed by atoms with Crippen molar-refractivity contribution in [2.24, 2.45) is 0 Å². The van der Waals surface area contributed by atoms with E-state index >= 15 is 0 Å². The molecule has 9 nitrogen and oxygen atoms in total. The number of aromatic nitrogens is 1. The number of carbonyl (C=O) groups is 3. The van der Waals surface area contributed by atoms with Crippen molar-refractivity contribution in [3.63, 3.8) is 0 Å². The van der Waals surface area contributed by atoms with Crippen LogP contribution in [0.15, 0.2) is 84.3 Å². The lowest BCUT2D eigenvalue weighted by Gasteiger charge is -2.41. The van der Waals surface area contributed by atoms with Crippen LogP contribution in [0.4, 0.5) is 0 Å². The number of nitrogens with one attached hydrogen (secondary N) is 1. The van der Waals surface area contributed by atoms with E-state index in [9.17, 15) is 14.4 Å². The molecule has 9 heteroatoms. The fourth-order valence-corrected chi connectivity index (χ4v) is 4.85. The highest BCUT2D eigenvalue weighted by Gasteiger charge is 2.52. The third-order valence-electron chi connectivity index (χ3n) is 6.73. The van der Waals surface area contributed by atoms with Crippen LogP contribution >= 0.6 is 0 Å². The fourth-order valence-electron chi connectivity index (χ4n) is 4.85. The van der Waals surface area contributed by atoms with E-state index in [-0.39, 0.29) is 25.3 Å². The largest absolute Gasteiger partial charge is 0.478 e. The molecule has 0 amide bonds. The molecule has 0 fully saturated rings. The number of ether oxygens (including phenoxy) is 2. The summed E-state index contributed by atoms with van der Waals surface area (Å²) in [6, 6.07) is 9.97. The molecule has 0 aliphatic carbocycles. The van der Waals surface area contributed by atoms with E-state index in [0.29, 0.717) is 23.4 Å². The molecule has 1 aromatic heterocycles. The zero-order valence-electron chi connectivity index (χ0n) is 20.2. The summed E-state index contributed by atoms with van der Waals surface area (Å²) in [5.74, 6) is -2.52. The van der Waals surface area contributed by atoms with Gasteiger partial charge in [0.1, 0.15) is 13.2 Å². The third-order valence-corrected chi connectivity index (χ3v) is 6.73. The summed E-state index contributed by atoms with van der Waals surface area (Å²) >= 11 is 0. The molecule has 0 radical (unpaired) electrons. The maximum atomic E-state index is 13.1. The molecule has 5 rings (SSSR count). The van der Waals surface area contributed by atoms with Gasteiger partial charge < -0.3 is 24.8 Å². The molecule has 3 aliphatic heterocycles. The van der Waals surface area contributed by atoms with E-state index < -0.39 is 23.5 Å². The summed E-state index contributed by atoms with van der Waals surface area (Å²) in [4.78, 5) is 43.6. The summed E-state index contributed by atoms with van der Waals surface area (Å²) in [7, 11) is 0. The first kappa shape index (κ1) is 24.1. The molecule has 0 saturated heterocycles. The van der Waals surface area contributed by atoms with Crippen LogP contribution in [-0.2, 0) is 30.4 Å². The van der Waals surface area contributed by atoms with E-state index in [4.69, 9.17) is 19.6 Å². The predicted molar refractivity (Wildman–Crippen MR) is 135 cm³/mol. The molecule has 0 saturated carbocycles. The highest BCUT2D eigenvalue weighted by Crippen LogP contribution is 2.47. The van der Waals surface area contributed by atoms with Crippen molar-refractivity contribution in [1.82, 2.24) is 15.2 Å². The summed E-state index contributed by atoms with van der Waals surface area (Å²) in [6.45, 7) is 9.96. The minimum atomic E-state index is -1.66. The lowest BCUT2D eigenvalue weighted by molar-refractivity contribution is -0.179. The SMILES string of the molecule is C=C(/C=C\C(=O)O)NCC(=O)OC1(CC)C(=O)OCC2=C1C=C1c3nc4ccccc4cc3CN1C2=C. The summed E-state index contributed by atoms with van der Waals surface area (Å²) in [5.41, 5.74) is 3.92. The summed E-state index contributed by atoms with van der Waals surface area (Å²) in [5, 5.41) is 12.5. The van der Waals surface area contributed by atoms with Crippen molar-refractivity contribution in [2.45, 2.75) is 25.5 Å². The average molecular weight is 500 g/mol. The first-order chi connectivity index (χ1) is 17.7. The number of cyclic esters (lactones) is 1. The van der Waals surface area contributed by atoms with Gasteiger partial charge >= 0.3 is 17.9 Å². The van der Waals surface area contributed by atoms with E-state index in [2.05, 4.69) is 24.5 Å². The second kappa shape index (κ2) is 9.09. The second-order valence-electron chi connectivity index (χ2n) is 8.92. The van der Waals surface area contributed by atoms with Crippen molar-refractivity contribution in [3.05, 3.63) is 95.5 Å². The van der Waals surface area contributed by atoms with Gasteiger partial charge in [-0.2, -0.15) is 0 Å². The Morgan fingerprint density at radius 1 is 1.32 bits per heavy atom. The molecular formula is C28H25N3O6. The number of esters is 2. The molecule has 4 heterocycles. The van der Waals surface area contributed by atoms with Crippen LogP contribution in [0, 0.1) is 0 Å². The van der Waals surface area contributed by atoms with Gasteiger partial charge in [0.25, 0.3) is 0 Å². The summed E-state index contributed by atoms with van der Waals surface area (Å²) < 4.78 is 11.3. The monoisotopic (exact) mass is 499 g/mol. The van der Waals surface area contributed by atoms with Crippen molar-refractivity contribution in [2.75, 3.05) is 13.2 Å². The van der Waals surface area contributed by atoms with E-state index in [1.54, 1.807) is 6.92 Å².